The third kappa shape index (κ3) is 13.8. The maximum atomic E-state index is 11.3. The van der Waals surface area contributed by atoms with Gasteiger partial charge in [0.15, 0.2) is 16.6 Å². The van der Waals surface area contributed by atoms with Crippen LogP contribution in [0.4, 0.5) is 0 Å². The van der Waals surface area contributed by atoms with E-state index >= 15 is 0 Å². The molecule has 0 rings (SSSR count). The molecule has 0 heterocycles. The van der Waals surface area contributed by atoms with Crippen molar-refractivity contribution in [3.8, 4) is 0 Å². The molecule has 0 aromatic rings. The minimum atomic E-state index is -1.86. The molecule has 9 heteroatoms. The van der Waals surface area contributed by atoms with E-state index in [1.165, 1.54) is 6.08 Å². The second-order valence-corrected chi connectivity index (χ2v) is 19.7. The van der Waals surface area contributed by atoms with Crippen LogP contribution >= 0.6 is 0 Å². The standard InChI is InChI=1S/C17H38O6Si3/c1-9-11-16(19)20-13-15(18)14-21-24(12-10-2)17(22-25(3,4)5)23-26(6,7)8/h9,11,15,17-18,24H,10,12-14H2,1-8H3. The van der Waals surface area contributed by atoms with Gasteiger partial charge in [0.25, 0.3) is 0 Å². The van der Waals surface area contributed by atoms with E-state index in [1.54, 1.807) is 13.0 Å². The first-order valence-corrected chi connectivity index (χ1v) is 18.1. The van der Waals surface area contributed by atoms with Gasteiger partial charge in [-0.05, 0) is 52.2 Å². The Labute approximate surface area is 162 Å². The van der Waals surface area contributed by atoms with Gasteiger partial charge in [-0.2, -0.15) is 0 Å². The molecule has 0 saturated heterocycles. The molecule has 26 heavy (non-hydrogen) atoms. The van der Waals surface area contributed by atoms with Crippen LogP contribution in [0.15, 0.2) is 12.2 Å². The zero-order chi connectivity index (χ0) is 20.4. The van der Waals surface area contributed by atoms with Gasteiger partial charge in [0, 0.05) is 6.08 Å². The Morgan fingerprint density at radius 3 is 2.04 bits per heavy atom. The number of carbonyl (C=O) groups excluding carboxylic acids is 1. The zero-order valence-corrected chi connectivity index (χ0v) is 20.9. The van der Waals surface area contributed by atoms with E-state index < -0.39 is 37.7 Å². The van der Waals surface area contributed by atoms with Crippen molar-refractivity contribution >= 4 is 31.6 Å². The first kappa shape index (κ1) is 25.7. The molecule has 0 aromatic carbocycles. The molecule has 0 bridgehead atoms. The van der Waals surface area contributed by atoms with E-state index in [0.717, 1.165) is 12.5 Å². The predicted octanol–water partition coefficient (Wildman–Crippen LogP) is 3.19. The van der Waals surface area contributed by atoms with Gasteiger partial charge in [-0.3, -0.25) is 0 Å². The van der Waals surface area contributed by atoms with Crippen molar-refractivity contribution in [2.45, 2.75) is 77.6 Å². The van der Waals surface area contributed by atoms with Crippen LogP contribution < -0.4 is 0 Å². The van der Waals surface area contributed by atoms with Crippen LogP contribution in [0.25, 0.3) is 0 Å². The molecule has 0 spiro atoms. The lowest BCUT2D eigenvalue weighted by Gasteiger charge is -2.35. The Morgan fingerprint density at radius 2 is 1.62 bits per heavy atom. The third-order valence-electron chi connectivity index (χ3n) is 3.04. The lowest BCUT2D eigenvalue weighted by Crippen LogP contribution is -2.50. The summed E-state index contributed by atoms with van der Waals surface area (Å²) in [7, 11) is -5.45. The number of hydrogen-bond acceptors (Lipinski definition) is 6. The molecule has 0 saturated carbocycles. The van der Waals surface area contributed by atoms with Gasteiger partial charge in [0.05, 0.1) is 6.61 Å². The molecule has 2 unspecified atom stereocenters. The fraction of sp³-hybridized carbons (Fsp3) is 0.824. The summed E-state index contributed by atoms with van der Waals surface area (Å²) in [5.41, 5.74) is 0. The lowest BCUT2D eigenvalue weighted by molar-refractivity contribution is -0.141. The number of aliphatic hydroxyl groups excluding tert-OH is 1. The second-order valence-electron chi connectivity index (χ2n) is 8.27. The van der Waals surface area contributed by atoms with Crippen molar-refractivity contribution < 1.29 is 27.9 Å². The smallest absolute Gasteiger partial charge is 0.330 e. The van der Waals surface area contributed by atoms with E-state index in [4.69, 9.17) is 18.0 Å². The van der Waals surface area contributed by atoms with Crippen LogP contribution in [0.3, 0.4) is 0 Å². The Kier molecular flexibility index (Phi) is 12.1. The number of ether oxygens (including phenoxy) is 1. The second kappa shape index (κ2) is 12.2. The van der Waals surface area contributed by atoms with Crippen LogP contribution in [0.5, 0.6) is 0 Å². The summed E-state index contributed by atoms with van der Waals surface area (Å²) >= 11 is 0. The van der Waals surface area contributed by atoms with E-state index in [2.05, 4.69) is 46.2 Å². The normalized spacial score (nSPS) is 15.5. The molecule has 1 N–H and O–H groups in total. The van der Waals surface area contributed by atoms with Gasteiger partial charge < -0.3 is 23.1 Å². The summed E-state index contributed by atoms with van der Waals surface area (Å²) in [5.74, 6) is -0.762. The van der Waals surface area contributed by atoms with Gasteiger partial charge in [-0.25, -0.2) is 4.79 Å². The maximum absolute atomic E-state index is 11.3. The van der Waals surface area contributed by atoms with E-state index in [9.17, 15) is 9.90 Å². The molecule has 0 radical (unpaired) electrons. The Hall–Kier alpha value is -0.299. The molecule has 0 aliphatic heterocycles. The van der Waals surface area contributed by atoms with Crippen LogP contribution in [0.1, 0.15) is 20.3 Å². The van der Waals surface area contributed by atoms with Crippen LogP contribution in [-0.4, -0.2) is 62.0 Å². The fourth-order valence-electron chi connectivity index (χ4n) is 2.10. The zero-order valence-electron chi connectivity index (χ0n) is 17.7. The van der Waals surface area contributed by atoms with Crippen molar-refractivity contribution in [2.75, 3.05) is 13.2 Å². The van der Waals surface area contributed by atoms with Crippen LogP contribution in [-0.2, 0) is 22.8 Å². The molecule has 0 amide bonds. The van der Waals surface area contributed by atoms with Crippen molar-refractivity contribution in [3.05, 3.63) is 12.2 Å². The number of carbonyl (C=O) groups is 1. The summed E-state index contributed by atoms with van der Waals surface area (Å²) in [6.07, 6.45) is 3.04. The van der Waals surface area contributed by atoms with E-state index in [1.807, 2.05) is 0 Å². The van der Waals surface area contributed by atoms with Crippen molar-refractivity contribution in [1.82, 2.24) is 0 Å². The molecule has 0 aromatic heterocycles. The highest BCUT2D eigenvalue weighted by Gasteiger charge is 2.34. The summed E-state index contributed by atoms with van der Waals surface area (Å²) in [6, 6.07) is 0.907. The number of rotatable bonds is 13. The number of esters is 1. The van der Waals surface area contributed by atoms with E-state index in [-0.39, 0.29) is 19.1 Å². The lowest BCUT2D eigenvalue weighted by atomic mass is 10.4. The number of hydrogen-bond donors (Lipinski definition) is 1. The molecule has 6 nitrogen and oxygen atoms in total. The van der Waals surface area contributed by atoms with Crippen molar-refractivity contribution in [1.29, 1.82) is 0 Å². The van der Waals surface area contributed by atoms with Gasteiger partial charge in [0.2, 0.25) is 9.04 Å². The monoisotopic (exact) mass is 422 g/mol. The van der Waals surface area contributed by atoms with Gasteiger partial charge in [-0.1, -0.05) is 19.4 Å². The quantitative estimate of drug-likeness (QED) is 0.213. The third-order valence-corrected chi connectivity index (χ3v) is 8.11. The molecular weight excluding hydrogens is 384 g/mol. The predicted molar refractivity (Wildman–Crippen MR) is 113 cm³/mol. The average molecular weight is 423 g/mol. The SMILES string of the molecule is CC=CC(=O)OCC(O)CO[SiH](CCC)C(O[Si](C)(C)C)O[Si](C)(C)C. The van der Waals surface area contributed by atoms with Crippen molar-refractivity contribution in [3.63, 3.8) is 0 Å². The number of allylic oxidation sites excluding steroid dienone is 1. The first-order valence-electron chi connectivity index (χ1n) is 9.32. The maximum Gasteiger partial charge on any atom is 0.330 e. The topological polar surface area (TPSA) is 74.2 Å². The van der Waals surface area contributed by atoms with Crippen LogP contribution in [0.2, 0.25) is 45.3 Å². The number of aliphatic hydroxyl groups is 1. The first-order chi connectivity index (χ1) is 11.9. The molecular formula is C17H38O6Si3. The Morgan fingerprint density at radius 1 is 1.08 bits per heavy atom. The molecule has 0 aliphatic carbocycles. The molecule has 0 fully saturated rings. The minimum Gasteiger partial charge on any atom is -0.460 e. The Bertz CT molecular complexity index is 415. The molecule has 0 aliphatic rings. The summed E-state index contributed by atoms with van der Waals surface area (Å²) < 4.78 is 23.6. The van der Waals surface area contributed by atoms with Crippen LogP contribution in [0, 0.1) is 0 Å². The fourth-order valence-corrected chi connectivity index (χ4v) is 8.98. The highest BCUT2D eigenvalue weighted by molar-refractivity contribution is 6.72. The summed E-state index contributed by atoms with van der Waals surface area (Å²) in [5, 5.41) is 10.1. The van der Waals surface area contributed by atoms with Gasteiger partial charge in [-0.15, -0.1) is 0 Å². The highest BCUT2D eigenvalue weighted by Crippen LogP contribution is 2.20. The van der Waals surface area contributed by atoms with Gasteiger partial charge >= 0.3 is 5.97 Å². The summed E-state index contributed by atoms with van der Waals surface area (Å²) in [4.78, 5) is 11.3. The molecule has 154 valence electrons. The molecule has 2 atom stereocenters. The van der Waals surface area contributed by atoms with Crippen molar-refractivity contribution in [2.24, 2.45) is 0 Å². The largest absolute Gasteiger partial charge is 0.460 e. The van der Waals surface area contributed by atoms with Gasteiger partial charge in [0.1, 0.15) is 18.6 Å². The highest BCUT2D eigenvalue weighted by atomic mass is 28.4. The van der Waals surface area contributed by atoms with E-state index in [0.29, 0.717) is 0 Å². The Balaban J connectivity index is 4.83. The summed E-state index contributed by atoms with van der Waals surface area (Å²) in [6.45, 7) is 16.7. The minimum absolute atomic E-state index is 0.0785. The average Bonchev–Trinajstić information content (AvgIpc) is 2.46.